The van der Waals surface area contributed by atoms with E-state index in [-0.39, 0.29) is 40.1 Å². The van der Waals surface area contributed by atoms with Gasteiger partial charge in [0.1, 0.15) is 5.75 Å². The van der Waals surface area contributed by atoms with Gasteiger partial charge in [-0.3, -0.25) is 9.59 Å². The van der Waals surface area contributed by atoms with Crippen LogP contribution in [0.15, 0.2) is 48.6 Å². The summed E-state index contributed by atoms with van der Waals surface area (Å²) in [6, 6.07) is 8.10. The van der Waals surface area contributed by atoms with E-state index in [9.17, 15) is 9.59 Å². The summed E-state index contributed by atoms with van der Waals surface area (Å²) in [5.74, 6) is 1.77. The molecule has 34 heavy (non-hydrogen) atoms. The highest BCUT2D eigenvalue weighted by atomic mass is 16.5. The molecule has 1 N–H and O–H groups in total. The van der Waals surface area contributed by atoms with E-state index < -0.39 is 0 Å². The summed E-state index contributed by atoms with van der Waals surface area (Å²) in [5, 5.41) is 3.20. The standard InChI is InChI=1S/C30H39NO3/c1-18-16-24-30(6,15-13-25(32)31-24)22-12-14-29(5)21(26(18)22)10-11-23(29)27(33)34-20-9-7-8-19(17-20)28(2,3)4/h7-9,13,15,17,21-24,26H,1,10-12,14,16H2,2-6H3,(H,31,32)/t21-,22-,23+,24+,26-,29-,30+/m0/s1. The zero-order valence-corrected chi connectivity index (χ0v) is 21.3. The predicted molar refractivity (Wildman–Crippen MR) is 134 cm³/mol. The van der Waals surface area contributed by atoms with Gasteiger partial charge in [0.2, 0.25) is 5.91 Å². The van der Waals surface area contributed by atoms with Crippen LogP contribution >= 0.6 is 0 Å². The largest absolute Gasteiger partial charge is 0.426 e. The molecule has 3 aliphatic carbocycles. The summed E-state index contributed by atoms with van der Waals surface area (Å²) < 4.78 is 6.01. The van der Waals surface area contributed by atoms with Crippen LogP contribution in [-0.4, -0.2) is 17.9 Å². The van der Waals surface area contributed by atoms with Gasteiger partial charge in [-0.05, 0) is 84.5 Å². The molecule has 5 rings (SSSR count). The van der Waals surface area contributed by atoms with Gasteiger partial charge in [0.15, 0.2) is 0 Å². The average molecular weight is 462 g/mol. The fourth-order valence-corrected chi connectivity index (χ4v) is 7.81. The van der Waals surface area contributed by atoms with Crippen LogP contribution in [-0.2, 0) is 15.0 Å². The summed E-state index contributed by atoms with van der Waals surface area (Å²) >= 11 is 0. The Kier molecular flexibility index (Phi) is 5.38. The van der Waals surface area contributed by atoms with E-state index >= 15 is 0 Å². The lowest BCUT2D eigenvalue weighted by molar-refractivity contribution is -0.146. The second-order valence-electron chi connectivity index (χ2n) is 12.7. The van der Waals surface area contributed by atoms with Crippen molar-refractivity contribution in [3.8, 4) is 5.75 Å². The van der Waals surface area contributed by atoms with Crippen molar-refractivity contribution >= 4 is 11.9 Å². The number of fused-ring (bicyclic) bond motifs is 5. The molecule has 3 saturated carbocycles. The Labute approximate surface area is 204 Å². The van der Waals surface area contributed by atoms with Crippen molar-refractivity contribution in [3.05, 3.63) is 54.1 Å². The molecule has 0 bridgehead atoms. The Morgan fingerprint density at radius 1 is 1.15 bits per heavy atom. The number of nitrogens with one attached hydrogen (secondary N) is 1. The second-order valence-corrected chi connectivity index (χ2v) is 12.7. The van der Waals surface area contributed by atoms with Crippen molar-refractivity contribution in [2.45, 2.75) is 78.2 Å². The molecule has 4 nitrogen and oxygen atoms in total. The van der Waals surface area contributed by atoms with Crippen molar-refractivity contribution in [2.75, 3.05) is 0 Å². The average Bonchev–Trinajstić information content (AvgIpc) is 3.12. The van der Waals surface area contributed by atoms with Gasteiger partial charge in [-0.1, -0.05) is 65.0 Å². The van der Waals surface area contributed by atoms with Gasteiger partial charge in [0, 0.05) is 11.5 Å². The first-order valence-corrected chi connectivity index (χ1v) is 12.9. The summed E-state index contributed by atoms with van der Waals surface area (Å²) in [4.78, 5) is 25.5. The highest BCUT2D eigenvalue weighted by Crippen LogP contribution is 2.66. The predicted octanol–water partition coefficient (Wildman–Crippen LogP) is 5.97. The Hall–Kier alpha value is -2.36. The van der Waals surface area contributed by atoms with Crippen LogP contribution in [0.25, 0.3) is 0 Å². The number of rotatable bonds is 2. The molecule has 0 radical (unpaired) electrons. The molecule has 0 saturated heterocycles. The first kappa shape index (κ1) is 23.4. The lowest BCUT2D eigenvalue weighted by atomic mass is 9.47. The second kappa shape index (κ2) is 7.83. The minimum Gasteiger partial charge on any atom is -0.426 e. The smallest absolute Gasteiger partial charge is 0.314 e. The molecule has 1 aromatic rings. The van der Waals surface area contributed by atoms with E-state index in [0.717, 1.165) is 32.1 Å². The quantitative estimate of drug-likeness (QED) is 0.335. The van der Waals surface area contributed by atoms with Crippen molar-refractivity contribution in [1.29, 1.82) is 0 Å². The zero-order chi connectivity index (χ0) is 24.5. The molecule has 1 aliphatic heterocycles. The molecule has 0 unspecified atom stereocenters. The number of carbonyl (C=O) groups is 2. The van der Waals surface area contributed by atoms with Gasteiger partial charge in [0.25, 0.3) is 0 Å². The molecule has 7 atom stereocenters. The van der Waals surface area contributed by atoms with E-state index in [0.29, 0.717) is 23.5 Å². The number of hydrogen-bond donors (Lipinski definition) is 1. The third-order valence-electron chi connectivity index (χ3n) is 9.87. The molecular formula is C30H39NO3. The molecule has 0 spiro atoms. The zero-order valence-electron chi connectivity index (χ0n) is 21.3. The van der Waals surface area contributed by atoms with Gasteiger partial charge < -0.3 is 10.1 Å². The van der Waals surface area contributed by atoms with Crippen LogP contribution in [0.3, 0.4) is 0 Å². The van der Waals surface area contributed by atoms with Crippen LogP contribution in [0.1, 0.15) is 72.3 Å². The molecule has 1 amide bonds. The van der Waals surface area contributed by atoms with Crippen LogP contribution in [0.4, 0.5) is 0 Å². The first-order chi connectivity index (χ1) is 15.9. The highest BCUT2D eigenvalue weighted by molar-refractivity contribution is 5.89. The van der Waals surface area contributed by atoms with Gasteiger partial charge in [-0.25, -0.2) is 0 Å². The fraction of sp³-hybridized carbons (Fsp3) is 0.600. The van der Waals surface area contributed by atoms with Gasteiger partial charge in [-0.15, -0.1) is 0 Å². The normalized spacial score (nSPS) is 39.0. The number of carbonyl (C=O) groups excluding carboxylic acids is 2. The minimum atomic E-state index is -0.0864. The first-order valence-electron chi connectivity index (χ1n) is 12.9. The number of benzene rings is 1. The van der Waals surface area contributed by atoms with Crippen LogP contribution in [0, 0.1) is 34.5 Å². The number of ether oxygens (including phenoxy) is 1. The third kappa shape index (κ3) is 3.56. The van der Waals surface area contributed by atoms with Crippen molar-refractivity contribution < 1.29 is 14.3 Å². The Morgan fingerprint density at radius 3 is 2.65 bits per heavy atom. The monoisotopic (exact) mass is 461 g/mol. The van der Waals surface area contributed by atoms with Crippen molar-refractivity contribution in [2.24, 2.45) is 34.5 Å². The molecule has 0 aromatic heterocycles. The number of esters is 1. The molecule has 3 fully saturated rings. The Balaban J connectivity index is 1.38. The van der Waals surface area contributed by atoms with Crippen LogP contribution in [0.5, 0.6) is 5.75 Å². The number of amides is 1. The summed E-state index contributed by atoms with van der Waals surface area (Å²) in [6.45, 7) is 15.7. The minimum absolute atomic E-state index is 0.00752. The molecule has 4 heteroatoms. The summed E-state index contributed by atoms with van der Waals surface area (Å²) in [6.07, 6.45) is 8.68. The maximum absolute atomic E-state index is 13.5. The van der Waals surface area contributed by atoms with E-state index in [2.05, 4.69) is 58.7 Å². The van der Waals surface area contributed by atoms with Gasteiger partial charge in [-0.2, -0.15) is 0 Å². The molecular weight excluding hydrogens is 422 g/mol. The van der Waals surface area contributed by atoms with Crippen LogP contribution in [0.2, 0.25) is 0 Å². The molecule has 182 valence electrons. The maximum atomic E-state index is 13.5. The van der Waals surface area contributed by atoms with Crippen LogP contribution < -0.4 is 10.1 Å². The SMILES string of the molecule is C=C1C[C@H]2NC(=O)C=C[C@]2(C)[C@H]2CC[C@]3(C)[C@@H](C(=O)Oc4cccc(C(C)(C)C)c4)CC[C@H]3[C@H]12. The summed E-state index contributed by atoms with van der Waals surface area (Å²) in [7, 11) is 0. The van der Waals surface area contributed by atoms with E-state index in [4.69, 9.17) is 4.74 Å². The van der Waals surface area contributed by atoms with Crippen molar-refractivity contribution in [3.63, 3.8) is 0 Å². The molecule has 1 heterocycles. The molecule has 4 aliphatic rings. The van der Waals surface area contributed by atoms with E-state index in [1.54, 1.807) is 6.08 Å². The van der Waals surface area contributed by atoms with Gasteiger partial charge in [0.05, 0.1) is 5.92 Å². The maximum Gasteiger partial charge on any atom is 0.314 e. The van der Waals surface area contributed by atoms with Crippen molar-refractivity contribution in [1.82, 2.24) is 5.32 Å². The van der Waals surface area contributed by atoms with E-state index in [1.807, 2.05) is 18.2 Å². The Morgan fingerprint density at radius 2 is 1.91 bits per heavy atom. The third-order valence-corrected chi connectivity index (χ3v) is 9.87. The lowest BCUT2D eigenvalue weighted by Crippen LogP contribution is -2.60. The topological polar surface area (TPSA) is 55.4 Å². The fourth-order valence-electron chi connectivity index (χ4n) is 7.81. The number of hydrogen-bond acceptors (Lipinski definition) is 3. The lowest BCUT2D eigenvalue weighted by Gasteiger charge is -2.59. The summed E-state index contributed by atoms with van der Waals surface area (Å²) in [5.41, 5.74) is 2.31. The van der Waals surface area contributed by atoms with Gasteiger partial charge >= 0.3 is 5.97 Å². The Bertz CT molecular complexity index is 1070. The van der Waals surface area contributed by atoms with E-state index in [1.165, 1.54) is 11.1 Å². The highest BCUT2D eigenvalue weighted by Gasteiger charge is 2.62. The molecule has 1 aromatic carbocycles.